The Morgan fingerprint density at radius 2 is 0.889 bits per heavy atom. The van der Waals surface area contributed by atoms with E-state index in [2.05, 4.69) is 152 Å². The summed E-state index contributed by atoms with van der Waals surface area (Å²) in [6, 6.07) is 35.5. The molecule has 0 atom stereocenters. The zero-order valence-electron chi connectivity index (χ0n) is 30.0. The number of halogens is 2. The molecule has 0 fully saturated rings. The number of benzene rings is 4. The summed E-state index contributed by atoms with van der Waals surface area (Å²) >= 11 is 7.60. The van der Waals surface area contributed by atoms with Gasteiger partial charge in [0.25, 0.3) is 10.0 Å². The highest BCUT2D eigenvalue weighted by atomic mass is 79.9. The molecule has 0 bridgehead atoms. The van der Waals surface area contributed by atoms with Crippen LogP contribution in [0.4, 0.5) is 11.4 Å². The zero-order valence-corrected chi connectivity index (χ0v) is 36.4. The van der Waals surface area contributed by atoms with Crippen LogP contribution in [-0.2, 0) is 13.1 Å². The summed E-state index contributed by atoms with van der Waals surface area (Å²) in [6.07, 6.45) is 20.9. The van der Waals surface area contributed by atoms with Gasteiger partial charge in [0.2, 0.25) is 11.0 Å². The molecular formula is C44H42Br2N4S4. The van der Waals surface area contributed by atoms with Gasteiger partial charge in [-0.15, -0.1) is 0 Å². The second kappa shape index (κ2) is 18.2. The molecule has 3 aliphatic heterocycles. The number of aromatic nitrogens is 2. The van der Waals surface area contributed by atoms with Gasteiger partial charge in [0.1, 0.15) is 9.40 Å². The number of allylic oxidation sites excluding steroid dienone is 4. The first-order valence-corrected chi connectivity index (χ1v) is 21.8. The first kappa shape index (κ1) is 39.1. The monoisotopic (exact) mass is 912 g/mol. The SMILES string of the molecule is C1=Cc2sc3ccccc3[n+]2CCCCC[n+]2c(sc3ccccc32)/C=C/C=C2\Sc3ccccc3N2CCCCCN2C(=C1)Sc1ccccc12.[Br-].[Br-]. The lowest BCUT2D eigenvalue weighted by Crippen LogP contribution is -3.00. The number of thioether (sulfide) groups is 2. The number of para-hydroxylation sites is 4. The summed E-state index contributed by atoms with van der Waals surface area (Å²) in [5.74, 6) is 0. The third-order valence-corrected chi connectivity index (χ3v) is 14.6. The predicted octanol–water partition coefficient (Wildman–Crippen LogP) is 5.69. The fourth-order valence-electron chi connectivity index (χ4n) is 7.49. The van der Waals surface area contributed by atoms with Crippen molar-refractivity contribution in [3.05, 3.63) is 141 Å². The molecule has 0 aliphatic carbocycles. The van der Waals surface area contributed by atoms with E-state index in [1.165, 1.54) is 74.5 Å². The van der Waals surface area contributed by atoms with Crippen LogP contribution in [0.25, 0.3) is 32.6 Å². The van der Waals surface area contributed by atoms with Crippen LogP contribution in [0.3, 0.4) is 0 Å². The lowest BCUT2D eigenvalue weighted by Gasteiger charge is -2.22. The van der Waals surface area contributed by atoms with Gasteiger partial charge in [0, 0.05) is 60.0 Å². The standard InChI is InChI=1S/C44H42N4S4.2BrH/c1-11-29-45-33-17-3-7-21-37(33)49-41(45)25-15-27-43-47(35-19-5-9-23-39(35)51-43)31-13-2-14-32-48-36-20-6-10-24-40(36)52-44(48)28-16-26-42-46(30-12-1)34-18-4-8-22-38(34)50-42;;/h3-10,15-28H,1-2,11-14,29-32H2;2*1H/q+2;;/p-2. The van der Waals surface area contributed by atoms with Gasteiger partial charge < -0.3 is 43.8 Å². The van der Waals surface area contributed by atoms with Crippen molar-refractivity contribution in [2.75, 3.05) is 22.9 Å². The van der Waals surface area contributed by atoms with Crippen molar-refractivity contribution in [1.82, 2.24) is 0 Å². The maximum atomic E-state index is 2.54. The summed E-state index contributed by atoms with van der Waals surface area (Å²) in [6.45, 7) is 4.11. The molecule has 0 unspecified atom stereocenters. The van der Waals surface area contributed by atoms with Crippen molar-refractivity contribution >= 4 is 90.2 Å². The summed E-state index contributed by atoms with van der Waals surface area (Å²) in [5.41, 5.74) is 5.36. The second-order valence-corrected chi connectivity index (χ2v) is 17.7. The average molecular weight is 915 g/mol. The second-order valence-electron chi connectivity index (χ2n) is 13.4. The molecule has 0 N–H and O–H groups in total. The summed E-state index contributed by atoms with van der Waals surface area (Å²) < 4.78 is 7.79. The van der Waals surface area contributed by atoms with Crippen molar-refractivity contribution in [2.24, 2.45) is 0 Å². The molecule has 0 spiro atoms. The molecule has 0 radical (unpaired) electrons. The van der Waals surface area contributed by atoms with Gasteiger partial charge in [-0.05, 0) is 74.2 Å². The van der Waals surface area contributed by atoms with E-state index in [0.717, 1.165) is 51.9 Å². The maximum absolute atomic E-state index is 2.54. The lowest BCUT2D eigenvalue weighted by molar-refractivity contribution is -0.673. The highest BCUT2D eigenvalue weighted by Crippen LogP contribution is 2.47. The van der Waals surface area contributed by atoms with E-state index < -0.39 is 0 Å². The Morgan fingerprint density at radius 1 is 0.463 bits per heavy atom. The fraction of sp³-hybridized carbons (Fsp3) is 0.227. The zero-order chi connectivity index (χ0) is 34.7. The largest absolute Gasteiger partial charge is 1.00 e. The molecular weight excluding hydrogens is 873 g/mol. The normalized spacial score (nSPS) is 18.0. The molecule has 5 heterocycles. The Labute approximate surface area is 356 Å². The van der Waals surface area contributed by atoms with E-state index in [4.69, 9.17) is 0 Å². The molecule has 4 nitrogen and oxygen atoms in total. The van der Waals surface area contributed by atoms with Crippen molar-refractivity contribution in [3.63, 3.8) is 0 Å². The maximum Gasteiger partial charge on any atom is 0.262 e. The van der Waals surface area contributed by atoms with Gasteiger partial charge in [0.05, 0.1) is 21.4 Å². The summed E-state index contributed by atoms with van der Waals surface area (Å²) in [5, 5.41) is 5.28. The number of anilines is 2. The number of fused-ring (bicyclic) bond motifs is 12. The minimum atomic E-state index is 0. The van der Waals surface area contributed by atoms with Crippen LogP contribution in [0.1, 0.15) is 48.5 Å². The Bertz CT molecular complexity index is 2210. The highest BCUT2D eigenvalue weighted by Gasteiger charge is 2.26. The van der Waals surface area contributed by atoms with E-state index in [0.29, 0.717) is 0 Å². The highest BCUT2D eigenvalue weighted by molar-refractivity contribution is 8.04. The molecule has 9 rings (SSSR count). The van der Waals surface area contributed by atoms with Crippen LogP contribution in [0, 0.1) is 0 Å². The van der Waals surface area contributed by atoms with E-state index >= 15 is 0 Å². The van der Waals surface area contributed by atoms with Crippen LogP contribution < -0.4 is 52.9 Å². The Hall–Kier alpha value is -3.12. The quantitative estimate of drug-likeness (QED) is 0.182. The first-order chi connectivity index (χ1) is 25.8. The van der Waals surface area contributed by atoms with Crippen molar-refractivity contribution in [1.29, 1.82) is 0 Å². The van der Waals surface area contributed by atoms with Gasteiger partial charge >= 0.3 is 0 Å². The van der Waals surface area contributed by atoms with Crippen molar-refractivity contribution < 1.29 is 43.1 Å². The number of hydrogen-bond donors (Lipinski definition) is 0. The number of rotatable bonds is 0. The van der Waals surface area contributed by atoms with Crippen LogP contribution in [0.5, 0.6) is 0 Å². The number of thiazole rings is 2. The van der Waals surface area contributed by atoms with Gasteiger partial charge in [-0.2, -0.15) is 9.13 Å². The summed E-state index contributed by atoms with van der Waals surface area (Å²) in [4.78, 5) is 7.79. The minimum absolute atomic E-state index is 0. The van der Waals surface area contributed by atoms with E-state index in [1.807, 2.05) is 46.2 Å². The third-order valence-electron chi connectivity index (χ3n) is 10.0. The van der Waals surface area contributed by atoms with Crippen LogP contribution in [0.15, 0.2) is 141 Å². The summed E-state index contributed by atoms with van der Waals surface area (Å²) in [7, 11) is 0. The molecule has 2 aromatic heterocycles. The first-order valence-electron chi connectivity index (χ1n) is 18.5. The molecule has 4 aromatic carbocycles. The molecule has 0 amide bonds. The topological polar surface area (TPSA) is 14.2 Å². The Kier molecular flexibility index (Phi) is 13.2. The van der Waals surface area contributed by atoms with Crippen molar-refractivity contribution in [2.45, 2.75) is 61.4 Å². The predicted molar refractivity (Wildman–Crippen MR) is 225 cm³/mol. The number of hydrogen-bond acceptors (Lipinski definition) is 6. The molecule has 3 aliphatic rings. The number of aryl methyl sites for hydroxylation is 2. The van der Waals surface area contributed by atoms with Crippen LogP contribution in [-0.4, -0.2) is 13.1 Å². The van der Waals surface area contributed by atoms with E-state index in [9.17, 15) is 0 Å². The molecule has 276 valence electrons. The van der Waals surface area contributed by atoms with Gasteiger partial charge in [0.15, 0.2) is 13.1 Å². The number of nitrogens with zero attached hydrogens (tertiary/aromatic N) is 4. The third kappa shape index (κ3) is 8.20. The van der Waals surface area contributed by atoms with Gasteiger partial charge in [-0.3, -0.25) is 0 Å². The minimum Gasteiger partial charge on any atom is -1.00 e. The lowest BCUT2D eigenvalue weighted by atomic mass is 10.2. The van der Waals surface area contributed by atoms with Gasteiger partial charge in [-0.1, -0.05) is 107 Å². The van der Waals surface area contributed by atoms with Crippen LogP contribution in [0.2, 0.25) is 0 Å². The van der Waals surface area contributed by atoms with E-state index in [-0.39, 0.29) is 34.0 Å². The molecule has 0 saturated heterocycles. The molecule has 0 saturated carbocycles. The fourth-order valence-corrected chi connectivity index (χ4v) is 11.9. The molecule has 54 heavy (non-hydrogen) atoms. The van der Waals surface area contributed by atoms with Crippen LogP contribution >= 0.6 is 46.2 Å². The average Bonchev–Trinajstić information content (AvgIpc) is 3.92. The van der Waals surface area contributed by atoms with Crippen molar-refractivity contribution in [3.8, 4) is 0 Å². The molecule has 10 heteroatoms. The van der Waals surface area contributed by atoms with E-state index in [1.54, 1.807) is 0 Å². The molecule has 6 aromatic rings. The Balaban J connectivity index is 0.00000225. The van der Waals surface area contributed by atoms with Gasteiger partial charge in [-0.25, -0.2) is 0 Å². The Morgan fingerprint density at radius 3 is 1.39 bits per heavy atom. The smallest absolute Gasteiger partial charge is 0.262 e.